The van der Waals surface area contributed by atoms with Crippen LogP contribution in [0.3, 0.4) is 0 Å². The van der Waals surface area contributed by atoms with Crippen LogP contribution in [-0.4, -0.2) is 41.2 Å². The zero-order chi connectivity index (χ0) is 26.1. The van der Waals surface area contributed by atoms with Gasteiger partial charge in [-0.1, -0.05) is 49.4 Å². The number of nitrogens with one attached hydrogen (secondary N) is 1. The standard InChI is InChI=1S/C29H28N2O5S/c1-3-36-29(35)24-21-14-13-17(2)15-23(21)37-26(24)30-25(32)22(16-18-9-5-4-6-10-18)31-27(33)19-11-7-8-12-20(19)28(31)34/h4-12,17,22H,3,13-16H2,1-2H3,(H,30,32). The summed E-state index contributed by atoms with van der Waals surface area (Å²) in [6.45, 7) is 4.14. The van der Waals surface area contributed by atoms with Gasteiger partial charge in [-0.15, -0.1) is 11.3 Å². The van der Waals surface area contributed by atoms with Crippen LogP contribution in [0.4, 0.5) is 5.00 Å². The minimum atomic E-state index is -1.09. The number of hydrogen-bond donors (Lipinski definition) is 1. The lowest BCUT2D eigenvalue weighted by Crippen LogP contribution is -2.48. The molecule has 8 heteroatoms. The molecular weight excluding hydrogens is 488 g/mol. The SMILES string of the molecule is CCOC(=O)c1c(NC(=O)C(Cc2ccccc2)N2C(=O)c3ccccc3C2=O)sc2c1CCC(C)C2. The van der Waals surface area contributed by atoms with Crippen LogP contribution in [0, 0.1) is 5.92 Å². The van der Waals surface area contributed by atoms with Crippen LogP contribution in [0.25, 0.3) is 0 Å². The molecule has 2 aromatic carbocycles. The molecule has 0 fully saturated rings. The zero-order valence-corrected chi connectivity index (χ0v) is 21.6. The first-order valence-corrected chi connectivity index (χ1v) is 13.3. The summed E-state index contributed by atoms with van der Waals surface area (Å²) in [5.74, 6) is -1.50. The Morgan fingerprint density at radius 1 is 1.05 bits per heavy atom. The highest BCUT2D eigenvalue weighted by molar-refractivity contribution is 7.17. The van der Waals surface area contributed by atoms with Crippen molar-refractivity contribution in [1.82, 2.24) is 4.90 Å². The number of ether oxygens (including phenoxy) is 1. The Labute approximate surface area is 219 Å². The number of esters is 1. The molecule has 0 saturated heterocycles. The fourth-order valence-corrected chi connectivity index (χ4v) is 6.48. The van der Waals surface area contributed by atoms with Gasteiger partial charge in [0.15, 0.2) is 0 Å². The summed E-state index contributed by atoms with van der Waals surface area (Å²) in [6.07, 6.45) is 2.67. The van der Waals surface area contributed by atoms with Crippen molar-refractivity contribution in [1.29, 1.82) is 0 Å². The molecule has 3 aromatic rings. The molecule has 1 aliphatic heterocycles. The molecule has 7 nitrogen and oxygen atoms in total. The highest BCUT2D eigenvalue weighted by Crippen LogP contribution is 2.40. The average molecular weight is 517 g/mol. The van der Waals surface area contributed by atoms with Crippen LogP contribution >= 0.6 is 11.3 Å². The van der Waals surface area contributed by atoms with Gasteiger partial charge >= 0.3 is 5.97 Å². The van der Waals surface area contributed by atoms with Crippen molar-refractivity contribution in [2.75, 3.05) is 11.9 Å². The van der Waals surface area contributed by atoms with E-state index < -0.39 is 29.7 Å². The summed E-state index contributed by atoms with van der Waals surface area (Å²) < 4.78 is 5.33. The summed E-state index contributed by atoms with van der Waals surface area (Å²) in [7, 11) is 0. The van der Waals surface area contributed by atoms with Gasteiger partial charge in [0.25, 0.3) is 11.8 Å². The third-order valence-corrected chi connectivity index (χ3v) is 8.11. The second-order valence-electron chi connectivity index (χ2n) is 9.50. The van der Waals surface area contributed by atoms with Gasteiger partial charge in [0, 0.05) is 11.3 Å². The Hall–Kier alpha value is -3.78. The average Bonchev–Trinajstić information content (AvgIpc) is 3.37. The number of amides is 3. The first kappa shape index (κ1) is 24.9. The number of fused-ring (bicyclic) bond motifs is 2. The lowest BCUT2D eigenvalue weighted by atomic mass is 9.88. The first-order chi connectivity index (χ1) is 17.9. The molecule has 1 aliphatic carbocycles. The molecule has 1 aromatic heterocycles. The van der Waals surface area contributed by atoms with Crippen molar-refractivity contribution in [3.8, 4) is 0 Å². The van der Waals surface area contributed by atoms with E-state index in [1.165, 1.54) is 11.3 Å². The quantitative estimate of drug-likeness (QED) is 0.356. The third-order valence-electron chi connectivity index (χ3n) is 6.94. The van der Waals surface area contributed by atoms with Crippen molar-refractivity contribution in [3.05, 3.63) is 87.3 Å². The van der Waals surface area contributed by atoms with Crippen molar-refractivity contribution in [2.45, 2.75) is 45.6 Å². The van der Waals surface area contributed by atoms with E-state index in [-0.39, 0.29) is 24.2 Å². The molecule has 0 saturated carbocycles. The first-order valence-electron chi connectivity index (χ1n) is 12.5. The van der Waals surface area contributed by atoms with Crippen LogP contribution < -0.4 is 5.32 Å². The largest absolute Gasteiger partial charge is 0.462 e. The van der Waals surface area contributed by atoms with Gasteiger partial charge in [0.1, 0.15) is 11.0 Å². The molecule has 2 aliphatic rings. The number of carbonyl (C=O) groups is 4. The number of rotatable bonds is 7. The minimum Gasteiger partial charge on any atom is -0.462 e. The lowest BCUT2D eigenvalue weighted by molar-refractivity contribution is -0.119. The molecule has 2 atom stereocenters. The number of carbonyl (C=O) groups excluding carboxylic acids is 4. The number of hydrogen-bond acceptors (Lipinski definition) is 6. The van der Waals surface area contributed by atoms with Crippen LogP contribution in [0.1, 0.15) is 67.3 Å². The minimum absolute atomic E-state index is 0.148. The van der Waals surface area contributed by atoms with Crippen LogP contribution in [0.2, 0.25) is 0 Å². The van der Waals surface area contributed by atoms with Crippen molar-refractivity contribution >= 4 is 40.0 Å². The maximum Gasteiger partial charge on any atom is 0.341 e. The predicted octanol–water partition coefficient (Wildman–Crippen LogP) is 4.90. The molecule has 190 valence electrons. The zero-order valence-electron chi connectivity index (χ0n) is 20.8. The number of benzene rings is 2. The maximum atomic E-state index is 13.9. The molecule has 3 amide bonds. The topological polar surface area (TPSA) is 92.8 Å². The van der Waals surface area contributed by atoms with E-state index in [2.05, 4.69) is 12.2 Å². The number of nitrogens with zero attached hydrogens (tertiary/aromatic N) is 1. The van der Waals surface area contributed by atoms with Crippen molar-refractivity contribution in [3.63, 3.8) is 0 Å². The molecule has 5 rings (SSSR count). The summed E-state index contributed by atoms with van der Waals surface area (Å²) >= 11 is 1.38. The lowest BCUT2D eigenvalue weighted by Gasteiger charge is -2.25. The van der Waals surface area contributed by atoms with E-state index in [1.807, 2.05) is 30.3 Å². The molecule has 0 radical (unpaired) electrons. The molecule has 2 heterocycles. The Balaban J connectivity index is 1.51. The van der Waals surface area contributed by atoms with Gasteiger partial charge in [-0.3, -0.25) is 19.3 Å². The monoisotopic (exact) mass is 516 g/mol. The summed E-state index contributed by atoms with van der Waals surface area (Å²) in [6, 6.07) is 14.8. The Morgan fingerprint density at radius 3 is 2.35 bits per heavy atom. The normalized spacial score (nSPS) is 17.2. The van der Waals surface area contributed by atoms with Crippen molar-refractivity contribution in [2.24, 2.45) is 5.92 Å². The van der Waals surface area contributed by atoms with Gasteiger partial charge < -0.3 is 10.1 Å². The van der Waals surface area contributed by atoms with Gasteiger partial charge in [-0.25, -0.2) is 4.79 Å². The fraction of sp³-hybridized carbons (Fsp3) is 0.310. The van der Waals surface area contributed by atoms with Crippen LogP contribution in [-0.2, 0) is 28.8 Å². The summed E-state index contributed by atoms with van der Waals surface area (Å²) in [4.78, 5) is 55.5. The second-order valence-corrected chi connectivity index (χ2v) is 10.6. The third kappa shape index (κ3) is 4.69. The van der Waals surface area contributed by atoms with Gasteiger partial charge in [0.05, 0.1) is 23.3 Å². The highest BCUT2D eigenvalue weighted by atomic mass is 32.1. The molecule has 1 N–H and O–H groups in total. The Bertz CT molecular complexity index is 1350. The fourth-order valence-electron chi connectivity index (χ4n) is 5.08. The number of anilines is 1. The molecule has 2 unspecified atom stereocenters. The maximum absolute atomic E-state index is 13.9. The Kier molecular flexibility index (Phi) is 6.93. The number of imide groups is 1. The van der Waals surface area contributed by atoms with Gasteiger partial charge in [-0.2, -0.15) is 0 Å². The van der Waals surface area contributed by atoms with E-state index in [4.69, 9.17) is 4.74 Å². The predicted molar refractivity (Wildman–Crippen MR) is 141 cm³/mol. The van der Waals surface area contributed by atoms with E-state index in [0.29, 0.717) is 16.5 Å². The van der Waals surface area contributed by atoms with E-state index in [0.717, 1.165) is 40.2 Å². The van der Waals surface area contributed by atoms with Crippen LogP contribution in [0.15, 0.2) is 54.6 Å². The van der Waals surface area contributed by atoms with E-state index in [1.54, 1.807) is 31.2 Å². The molecule has 0 spiro atoms. The van der Waals surface area contributed by atoms with Crippen molar-refractivity contribution < 1.29 is 23.9 Å². The van der Waals surface area contributed by atoms with Gasteiger partial charge in [0.2, 0.25) is 5.91 Å². The van der Waals surface area contributed by atoms with E-state index >= 15 is 0 Å². The molecular formula is C29H28N2O5S. The summed E-state index contributed by atoms with van der Waals surface area (Å²) in [5.41, 5.74) is 2.70. The number of thiophene rings is 1. The van der Waals surface area contributed by atoms with Crippen LogP contribution in [0.5, 0.6) is 0 Å². The smallest absolute Gasteiger partial charge is 0.341 e. The van der Waals surface area contributed by atoms with Gasteiger partial charge in [-0.05, 0) is 55.4 Å². The summed E-state index contributed by atoms with van der Waals surface area (Å²) in [5, 5.41) is 3.33. The molecule has 37 heavy (non-hydrogen) atoms. The second kappa shape index (κ2) is 10.3. The van der Waals surface area contributed by atoms with E-state index in [9.17, 15) is 19.2 Å². The Morgan fingerprint density at radius 2 is 1.70 bits per heavy atom. The molecule has 0 bridgehead atoms. The highest BCUT2D eigenvalue weighted by Gasteiger charge is 2.43.